The molecule has 1 atom stereocenters. The van der Waals surface area contributed by atoms with Crippen molar-refractivity contribution in [1.82, 2.24) is 20.0 Å². The molecule has 1 fully saturated rings. The van der Waals surface area contributed by atoms with E-state index in [0.29, 0.717) is 5.56 Å². The van der Waals surface area contributed by atoms with E-state index in [0.717, 1.165) is 16.2 Å². The molecular formula is C21H18F2N4O3. The Hall–Kier alpha value is -3.75. The van der Waals surface area contributed by atoms with Crippen LogP contribution in [0.5, 0.6) is 5.75 Å². The Morgan fingerprint density at radius 2 is 1.80 bits per heavy atom. The zero-order valence-electron chi connectivity index (χ0n) is 16.0. The summed E-state index contributed by atoms with van der Waals surface area (Å²) in [5, 5.41) is 6.85. The molecule has 3 amide bonds. The fraction of sp³-hybridized carbons (Fsp3) is 0.190. The van der Waals surface area contributed by atoms with Crippen LogP contribution >= 0.6 is 0 Å². The van der Waals surface area contributed by atoms with Crippen molar-refractivity contribution in [1.29, 1.82) is 0 Å². The van der Waals surface area contributed by atoms with Crippen LogP contribution in [0.4, 0.5) is 13.6 Å². The van der Waals surface area contributed by atoms with Gasteiger partial charge in [0.15, 0.2) is 0 Å². The summed E-state index contributed by atoms with van der Waals surface area (Å²) < 4.78 is 30.7. The normalized spacial score (nSPS) is 18.7. The second-order valence-corrected chi connectivity index (χ2v) is 6.97. The van der Waals surface area contributed by atoms with Gasteiger partial charge < -0.3 is 10.1 Å². The summed E-state index contributed by atoms with van der Waals surface area (Å²) >= 11 is 0. The van der Waals surface area contributed by atoms with E-state index >= 15 is 0 Å². The molecule has 7 nitrogen and oxygen atoms in total. The molecule has 4 rings (SSSR count). The largest absolute Gasteiger partial charge is 0.435 e. The molecule has 1 N–H and O–H groups in total. The second kappa shape index (κ2) is 7.58. The van der Waals surface area contributed by atoms with Gasteiger partial charge in [0.25, 0.3) is 5.91 Å². The molecule has 1 aliphatic heterocycles. The van der Waals surface area contributed by atoms with Gasteiger partial charge in [-0.1, -0.05) is 24.3 Å². The first-order valence-electron chi connectivity index (χ1n) is 9.15. The summed E-state index contributed by atoms with van der Waals surface area (Å²) in [5.74, 6) is -0.450. The number of nitrogens with zero attached hydrogens (tertiary/aromatic N) is 3. The number of ether oxygens (including phenoxy) is 1. The van der Waals surface area contributed by atoms with Crippen molar-refractivity contribution in [2.45, 2.75) is 25.6 Å². The van der Waals surface area contributed by atoms with Crippen molar-refractivity contribution in [2.75, 3.05) is 0 Å². The molecule has 9 heteroatoms. The highest BCUT2D eigenvalue weighted by Gasteiger charge is 2.48. The monoisotopic (exact) mass is 412 g/mol. The van der Waals surface area contributed by atoms with Gasteiger partial charge in [-0.05, 0) is 48.4 Å². The SMILES string of the molecule is CC1(c2ccc(OC(F)F)cc2)NC(=O)N(Cc2ccc(-n3cccn3)cc2)C1=O. The lowest BCUT2D eigenvalue weighted by Gasteiger charge is -2.22. The highest BCUT2D eigenvalue weighted by molar-refractivity contribution is 6.07. The van der Waals surface area contributed by atoms with E-state index in [1.807, 2.05) is 36.5 Å². The Bertz CT molecular complexity index is 1050. The van der Waals surface area contributed by atoms with Crippen LogP contribution in [0.2, 0.25) is 0 Å². The van der Waals surface area contributed by atoms with Gasteiger partial charge in [0.2, 0.25) is 0 Å². The standard InChI is InChI=1S/C21H18F2N4O3/c1-21(15-5-9-17(10-6-15)30-19(22)23)18(28)26(20(29)25-21)13-14-3-7-16(8-4-14)27-12-2-11-24-27/h2-12,19H,13H2,1H3,(H,25,29). The minimum atomic E-state index is -2.94. The molecular weight excluding hydrogens is 394 g/mol. The molecule has 1 aliphatic rings. The van der Waals surface area contributed by atoms with E-state index in [9.17, 15) is 18.4 Å². The van der Waals surface area contributed by atoms with Crippen LogP contribution in [-0.4, -0.2) is 33.2 Å². The molecule has 2 heterocycles. The molecule has 3 aromatic rings. The third kappa shape index (κ3) is 3.61. The lowest BCUT2D eigenvalue weighted by atomic mass is 9.92. The lowest BCUT2D eigenvalue weighted by Crippen LogP contribution is -2.40. The first-order chi connectivity index (χ1) is 14.4. The molecule has 30 heavy (non-hydrogen) atoms. The number of rotatable bonds is 6. The molecule has 0 aliphatic carbocycles. The van der Waals surface area contributed by atoms with Crippen molar-refractivity contribution in [3.05, 3.63) is 78.1 Å². The fourth-order valence-corrected chi connectivity index (χ4v) is 3.36. The summed E-state index contributed by atoms with van der Waals surface area (Å²) in [4.78, 5) is 26.7. The van der Waals surface area contributed by atoms with Crippen LogP contribution in [0.1, 0.15) is 18.1 Å². The van der Waals surface area contributed by atoms with Gasteiger partial charge >= 0.3 is 12.6 Å². The molecule has 0 radical (unpaired) electrons. The summed E-state index contributed by atoms with van der Waals surface area (Å²) in [6.07, 6.45) is 3.49. The molecule has 0 spiro atoms. The summed E-state index contributed by atoms with van der Waals surface area (Å²) in [5.41, 5.74) is 0.811. The molecule has 2 aromatic carbocycles. The highest BCUT2D eigenvalue weighted by atomic mass is 19.3. The van der Waals surface area contributed by atoms with Gasteiger partial charge in [0.05, 0.1) is 12.2 Å². The predicted octanol–water partition coefficient (Wildman–Crippen LogP) is 3.44. The van der Waals surface area contributed by atoms with E-state index < -0.39 is 24.1 Å². The number of imide groups is 1. The molecule has 1 aromatic heterocycles. The summed E-state index contributed by atoms with van der Waals surface area (Å²) in [6, 6.07) is 14.3. The van der Waals surface area contributed by atoms with Gasteiger partial charge in [-0.25, -0.2) is 9.48 Å². The van der Waals surface area contributed by atoms with Crippen LogP contribution in [0.25, 0.3) is 5.69 Å². The average Bonchev–Trinajstić information content (AvgIpc) is 3.33. The van der Waals surface area contributed by atoms with Crippen LogP contribution in [0, 0.1) is 0 Å². The van der Waals surface area contributed by atoms with E-state index in [1.165, 1.54) is 24.3 Å². The average molecular weight is 412 g/mol. The number of hydrogen-bond acceptors (Lipinski definition) is 4. The Morgan fingerprint density at radius 3 is 2.40 bits per heavy atom. The molecule has 0 saturated carbocycles. The maximum Gasteiger partial charge on any atom is 0.387 e. The van der Waals surface area contributed by atoms with E-state index in [4.69, 9.17) is 0 Å². The third-order valence-corrected chi connectivity index (χ3v) is 4.98. The first kappa shape index (κ1) is 19.6. The van der Waals surface area contributed by atoms with E-state index in [1.54, 1.807) is 17.8 Å². The zero-order chi connectivity index (χ0) is 21.3. The third-order valence-electron chi connectivity index (χ3n) is 4.98. The van der Waals surface area contributed by atoms with Gasteiger partial charge in [-0.15, -0.1) is 0 Å². The Balaban J connectivity index is 1.50. The molecule has 0 bridgehead atoms. The number of halogens is 2. The number of aromatic nitrogens is 2. The maximum absolute atomic E-state index is 13.0. The molecule has 154 valence electrons. The Labute approximate surface area is 170 Å². The lowest BCUT2D eigenvalue weighted by molar-refractivity contribution is -0.131. The van der Waals surface area contributed by atoms with Gasteiger partial charge in [-0.2, -0.15) is 13.9 Å². The molecule has 1 unspecified atom stereocenters. The smallest absolute Gasteiger partial charge is 0.387 e. The number of amides is 3. The van der Waals surface area contributed by atoms with Crippen molar-refractivity contribution >= 4 is 11.9 Å². The zero-order valence-corrected chi connectivity index (χ0v) is 16.0. The van der Waals surface area contributed by atoms with Crippen LogP contribution in [0.15, 0.2) is 67.0 Å². The van der Waals surface area contributed by atoms with Crippen molar-refractivity contribution in [3.8, 4) is 11.4 Å². The van der Waals surface area contributed by atoms with Crippen molar-refractivity contribution in [2.24, 2.45) is 0 Å². The number of hydrogen-bond donors (Lipinski definition) is 1. The topological polar surface area (TPSA) is 76.5 Å². The number of benzene rings is 2. The number of carbonyl (C=O) groups is 2. The van der Waals surface area contributed by atoms with E-state index in [-0.39, 0.29) is 12.3 Å². The summed E-state index contributed by atoms with van der Waals surface area (Å²) in [7, 11) is 0. The quantitative estimate of drug-likeness (QED) is 0.630. The van der Waals surface area contributed by atoms with Crippen molar-refractivity contribution < 1.29 is 23.1 Å². The second-order valence-electron chi connectivity index (χ2n) is 6.97. The fourth-order valence-electron chi connectivity index (χ4n) is 3.36. The van der Waals surface area contributed by atoms with E-state index in [2.05, 4.69) is 15.2 Å². The predicted molar refractivity (Wildman–Crippen MR) is 103 cm³/mol. The Morgan fingerprint density at radius 1 is 1.10 bits per heavy atom. The number of alkyl halides is 2. The minimum Gasteiger partial charge on any atom is -0.435 e. The van der Waals surface area contributed by atoms with Gasteiger partial charge in [-0.3, -0.25) is 9.69 Å². The first-order valence-corrected chi connectivity index (χ1v) is 9.15. The highest BCUT2D eigenvalue weighted by Crippen LogP contribution is 2.31. The van der Waals surface area contributed by atoms with Gasteiger partial charge in [0.1, 0.15) is 11.3 Å². The minimum absolute atomic E-state index is 0.0248. The van der Waals surface area contributed by atoms with Gasteiger partial charge in [0, 0.05) is 12.4 Å². The number of urea groups is 1. The van der Waals surface area contributed by atoms with Crippen LogP contribution in [0.3, 0.4) is 0 Å². The Kier molecular flexibility index (Phi) is 4.94. The molecule has 1 saturated heterocycles. The van der Waals surface area contributed by atoms with Crippen LogP contribution in [-0.2, 0) is 16.9 Å². The number of nitrogens with one attached hydrogen (secondary N) is 1. The maximum atomic E-state index is 13.0. The van der Waals surface area contributed by atoms with Crippen LogP contribution < -0.4 is 10.1 Å². The number of carbonyl (C=O) groups excluding carboxylic acids is 2. The summed E-state index contributed by atoms with van der Waals surface area (Å²) in [6.45, 7) is -1.25. The van der Waals surface area contributed by atoms with Crippen molar-refractivity contribution in [3.63, 3.8) is 0 Å².